The molecule has 0 bridgehead atoms. The van der Waals surface area contributed by atoms with E-state index in [2.05, 4.69) is 24.4 Å². The summed E-state index contributed by atoms with van der Waals surface area (Å²) in [5, 5.41) is 12.0. The second-order valence-corrected chi connectivity index (χ2v) is 4.70. The molecule has 0 amide bonds. The van der Waals surface area contributed by atoms with Gasteiger partial charge >= 0.3 is 5.97 Å². The summed E-state index contributed by atoms with van der Waals surface area (Å²) in [6, 6.07) is 16.4. The summed E-state index contributed by atoms with van der Waals surface area (Å²) in [4.78, 5) is 10.6. The fourth-order valence-corrected chi connectivity index (χ4v) is 2.13. The van der Waals surface area contributed by atoms with Crippen LogP contribution >= 0.6 is 0 Å². The summed E-state index contributed by atoms with van der Waals surface area (Å²) in [6.07, 6.45) is 0.752. The van der Waals surface area contributed by atoms with Gasteiger partial charge in [-0.3, -0.25) is 4.79 Å². The van der Waals surface area contributed by atoms with E-state index >= 15 is 0 Å². The number of aliphatic carboxylic acids is 1. The average Bonchev–Trinajstić information content (AvgIpc) is 2.46. The summed E-state index contributed by atoms with van der Waals surface area (Å²) < 4.78 is 0. The Balaban J connectivity index is 2.13. The van der Waals surface area contributed by atoms with E-state index in [1.807, 2.05) is 36.4 Å². The van der Waals surface area contributed by atoms with Crippen LogP contribution < -0.4 is 5.32 Å². The van der Waals surface area contributed by atoms with Crippen LogP contribution in [0.5, 0.6) is 0 Å². The molecule has 0 saturated heterocycles. The van der Waals surface area contributed by atoms with Gasteiger partial charge < -0.3 is 10.4 Å². The quantitative estimate of drug-likeness (QED) is 0.838. The van der Waals surface area contributed by atoms with Gasteiger partial charge in [0.15, 0.2) is 0 Å². The fraction of sp³-hybridized carbons (Fsp3) is 0.235. The highest BCUT2D eigenvalue weighted by molar-refractivity contribution is 5.69. The zero-order valence-electron chi connectivity index (χ0n) is 11.6. The zero-order chi connectivity index (χ0) is 14.4. The Labute approximate surface area is 119 Å². The molecular weight excluding hydrogens is 250 g/mol. The van der Waals surface area contributed by atoms with E-state index in [4.69, 9.17) is 5.11 Å². The smallest absolute Gasteiger partial charge is 0.303 e. The Morgan fingerprint density at radius 2 is 1.85 bits per heavy atom. The summed E-state index contributed by atoms with van der Waals surface area (Å²) in [6.45, 7) is 2.97. The zero-order valence-corrected chi connectivity index (χ0v) is 11.6. The van der Waals surface area contributed by atoms with Crippen LogP contribution in [0.15, 0.2) is 48.5 Å². The third kappa shape index (κ3) is 3.85. The van der Waals surface area contributed by atoms with Gasteiger partial charge in [-0.15, -0.1) is 0 Å². The predicted octanol–water partition coefficient (Wildman–Crippen LogP) is 3.80. The minimum Gasteiger partial charge on any atom is -0.481 e. The van der Waals surface area contributed by atoms with Gasteiger partial charge in [-0.05, 0) is 42.2 Å². The molecular formula is C17H19NO2. The highest BCUT2D eigenvalue weighted by atomic mass is 16.4. The van der Waals surface area contributed by atoms with Crippen LogP contribution in [-0.2, 0) is 11.2 Å². The van der Waals surface area contributed by atoms with Gasteiger partial charge in [0.05, 0.1) is 0 Å². The molecule has 2 N–H and O–H groups in total. The maximum absolute atomic E-state index is 10.6. The summed E-state index contributed by atoms with van der Waals surface area (Å²) in [7, 11) is 0. The molecule has 0 aliphatic rings. The number of benzene rings is 2. The third-order valence-electron chi connectivity index (χ3n) is 3.16. The fourth-order valence-electron chi connectivity index (χ4n) is 2.13. The number of rotatable bonds is 6. The van der Waals surface area contributed by atoms with Crippen molar-refractivity contribution in [2.75, 3.05) is 11.9 Å². The second kappa shape index (κ2) is 6.75. The van der Waals surface area contributed by atoms with E-state index in [-0.39, 0.29) is 6.42 Å². The maximum Gasteiger partial charge on any atom is 0.303 e. The highest BCUT2D eigenvalue weighted by Crippen LogP contribution is 2.23. The molecule has 0 radical (unpaired) electrons. The highest BCUT2D eigenvalue weighted by Gasteiger charge is 2.02. The lowest BCUT2D eigenvalue weighted by Gasteiger charge is -2.07. The summed E-state index contributed by atoms with van der Waals surface area (Å²) >= 11 is 0. The van der Waals surface area contributed by atoms with Gasteiger partial charge in [0.2, 0.25) is 0 Å². The summed E-state index contributed by atoms with van der Waals surface area (Å²) in [5.74, 6) is -0.757. The van der Waals surface area contributed by atoms with Crippen molar-refractivity contribution < 1.29 is 9.90 Å². The van der Waals surface area contributed by atoms with E-state index in [1.54, 1.807) is 0 Å². The number of carboxylic acids is 1. The van der Waals surface area contributed by atoms with Crippen LogP contribution in [0, 0.1) is 0 Å². The Morgan fingerprint density at radius 3 is 2.50 bits per heavy atom. The number of anilines is 1. The van der Waals surface area contributed by atoms with Crippen LogP contribution in [0.25, 0.3) is 11.1 Å². The van der Waals surface area contributed by atoms with Crippen molar-refractivity contribution in [2.45, 2.75) is 19.8 Å². The van der Waals surface area contributed by atoms with E-state index in [0.717, 1.165) is 28.9 Å². The van der Waals surface area contributed by atoms with Crippen LogP contribution in [0.1, 0.15) is 18.9 Å². The number of aryl methyl sites for hydroxylation is 1. The van der Waals surface area contributed by atoms with Crippen LogP contribution in [0.4, 0.5) is 5.69 Å². The first-order valence-corrected chi connectivity index (χ1v) is 6.84. The molecule has 2 aromatic rings. The first-order valence-electron chi connectivity index (χ1n) is 6.84. The Kier molecular flexibility index (Phi) is 4.77. The SMILES string of the molecule is CCNc1cccc(-c2ccc(CCC(=O)O)cc2)c1. The molecule has 0 heterocycles. The van der Waals surface area contributed by atoms with Gasteiger partial charge in [-0.25, -0.2) is 0 Å². The lowest BCUT2D eigenvalue weighted by Crippen LogP contribution is -1.97. The van der Waals surface area contributed by atoms with E-state index in [9.17, 15) is 4.79 Å². The van der Waals surface area contributed by atoms with Crippen molar-refractivity contribution in [3.63, 3.8) is 0 Å². The van der Waals surface area contributed by atoms with Crippen LogP contribution in [0.3, 0.4) is 0 Å². The molecule has 0 aromatic heterocycles. The predicted molar refractivity (Wildman–Crippen MR) is 82.0 cm³/mol. The number of hydrogen-bond donors (Lipinski definition) is 2. The molecule has 0 saturated carbocycles. The number of nitrogens with one attached hydrogen (secondary N) is 1. The average molecular weight is 269 g/mol. The molecule has 2 aromatic carbocycles. The van der Waals surface area contributed by atoms with Gasteiger partial charge in [0, 0.05) is 18.7 Å². The van der Waals surface area contributed by atoms with Gasteiger partial charge in [0.25, 0.3) is 0 Å². The topological polar surface area (TPSA) is 49.3 Å². The van der Waals surface area contributed by atoms with E-state index in [0.29, 0.717) is 6.42 Å². The van der Waals surface area contributed by atoms with E-state index in [1.165, 1.54) is 0 Å². The Hall–Kier alpha value is -2.29. The largest absolute Gasteiger partial charge is 0.481 e. The van der Waals surface area contributed by atoms with Crippen LogP contribution in [0.2, 0.25) is 0 Å². The monoisotopic (exact) mass is 269 g/mol. The lowest BCUT2D eigenvalue weighted by molar-refractivity contribution is -0.136. The molecule has 3 heteroatoms. The third-order valence-corrected chi connectivity index (χ3v) is 3.16. The molecule has 2 rings (SSSR count). The maximum atomic E-state index is 10.6. The molecule has 0 fully saturated rings. The van der Waals surface area contributed by atoms with E-state index < -0.39 is 5.97 Å². The minimum atomic E-state index is -0.757. The Bertz CT molecular complexity index is 576. The van der Waals surface area contributed by atoms with Crippen molar-refractivity contribution in [1.82, 2.24) is 0 Å². The molecule has 0 aliphatic carbocycles. The summed E-state index contributed by atoms with van der Waals surface area (Å²) in [5.41, 5.74) is 4.47. The van der Waals surface area contributed by atoms with Crippen LogP contribution in [-0.4, -0.2) is 17.6 Å². The normalized spacial score (nSPS) is 10.2. The van der Waals surface area contributed by atoms with Crippen molar-refractivity contribution in [3.8, 4) is 11.1 Å². The number of hydrogen-bond acceptors (Lipinski definition) is 2. The minimum absolute atomic E-state index is 0.176. The van der Waals surface area contributed by atoms with Gasteiger partial charge in [0.1, 0.15) is 0 Å². The van der Waals surface area contributed by atoms with Crippen molar-refractivity contribution >= 4 is 11.7 Å². The second-order valence-electron chi connectivity index (χ2n) is 4.70. The van der Waals surface area contributed by atoms with Gasteiger partial charge in [-0.1, -0.05) is 36.4 Å². The molecule has 3 nitrogen and oxygen atoms in total. The first kappa shape index (κ1) is 14.1. The molecule has 20 heavy (non-hydrogen) atoms. The first-order chi connectivity index (χ1) is 9.69. The van der Waals surface area contributed by atoms with Crippen molar-refractivity contribution in [1.29, 1.82) is 0 Å². The molecule has 104 valence electrons. The molecule has 0 unspecified atom stereocenters. The van der Waals surface area contributed by atoms with Crippen molar-refractivity contribution in [3.05, 3.63) is 54.1 Å². The molecule has 0 spiro atoms. The lowest BCUT2D eigenvalue weighted by atomic mass is 10.0. The standard InChI is InChI=1S/C17H19NO2/c1-2-18-16-5-3-4-15(12-16)14-9-6-13(7-10-14)8-11-17(19)20/h3-7,9-10,12,18H,2,8,11H2,1H3,(H,19,20). The number of carboxylic acid groups (broad SMARTS) is 1. The van der Waals surface area contributed by atoms with Gasteiger partial charge in [-0.2, -0.15) is 0 Å². The molecule has 0 aliphatic heterocycles. The number of carbonyl (C=O) groups is 1. The van der Waals surface area contributed by atoms with Crippen molar-refractivity contribution in [2.24, 2.45) is 0 Å². The molecule has 0 atom stereocenters. The Morgan fingerprint density at radius 1 is 1.10 bits per heavy atom.